The smallest absolute Gasteiger partial charge is 0.248 e. The summed E-state index contributed by atoms with van der Waals surface area (Å²) in [6, 6.07) is 0.175. The van der Waals surface area contributed by atoms with Crippen molar-refractivity contribution in [1.82, 2.24) is 15.1 Å². The Hall–Kier alpha value is -1.14. The van der Waals surface area contributed by atoms with Crippen molar-refractivity contribution in [2.45, 2.75) is 25.8 Å². The Balaban J connectivity index is 1.89. The molecule has 0 aromatic carbocycles. The number of piperazine rings is 1. The van der Waals surface area contributed by atoms with Gasteiger partial charge in [-0.15, -0.1) is 0 Å². The van der Waals surface area contributed by atoms with Gasteiger partial charge in [-0.1, -0.05) is 0 Å². The highest BCUT2D eigenvalue weighted by molar-refractivity contribution is 5.80. The molecule has 2 heterocycles. The fourth-order valence-corrected chi connectivity index (χ4v) is 2.72. The van der Waals surface area contributed by atoms with Gasteiger partial charge in [0.15, 0.2) is 0 Å². The van der Waals surface area contributed by atoms with E-state index in [4.69, 9.17) is 4.74 Å². The van der Waals surface area contributed by atoms with Gasteiger partial charge in [0, 0.05) is 38.8 Å². The van der Waals surface area contributed by atoms with E-state index in [2.05, 4.69) is 5.32 Å². The summed E-state index contributed by atoms with van der Waals surface area (Å²) in [7, 11) is 0. The molecule has 0 spiro atoms. The highest BCUT2D eigenvalue weighted by Gasteiger charge is 2.31. The van der Waals surface area contributed by atoms with E-state index in [9.17, 15) is 9.59 Å². The van der Waals surface area contributed by atoms with Crippen molar-refractivity contribution in [3.63, 3.8) is 0 Å². The molecule has 0 aromatic rings. The Morgan fingerprint density at radius 2 is 2.32 bits per heavy atom. The van der Waals surface area contributed by atoms with Crippen LogP contribution in [0.1, 0.15) is 19.8 Å². The SMILES string of the molecule is CCOCC(=O)N1CCCC(N2CCNCC2=O)C1. The first-order chi connectivity index (χ1) is 9.22. The Labute approximate surface area is 114 Å². The van der Waals surface area contributed by atoms with Crippen LogP contribution in [-0.2, 0) is 14.3 Å². The first-order valence-electron chi connectivity index (χ1n) is 7.08. The van der Waals surface area contributed by atoms with Gasteiger partial charge in [-0.2, -0.15) is 0 Å². The van der Waals surface area contributed by atoms with Crippen LogP contribution in [0.3, 0.4) is 0 Å². The molecular formula is C13H23N3O3. The fraction of sp³-hybridized carbons (Fsp3) is 0.846. The van der Waals surface area contributed by atoms with Crippen molar-refractivity contribution in [1.29, 1.82) is 0 Å². The Bertz CT molecular complexity index is 335. The number of carbonyl (C=O) groups excluding carboxylic acids is 2. The average Bonchev–Trinajstić information content (AvgIpc) is 2.45. The van der Waals surface area contributed by atoms with Gasteiger partial charge < -0.3 is 19.9 Å². The van der Waals surface area contributed by atoms with E-state index in [-0.39, 0.29) is 24.5 Å². The normalized spacial score (nSPS) is 24.7. The molecule has 19 heavy (non-hydrogen) atoms. The molecule has 2 saturated heterocycles. The highest BCUT2D eigenvalue weighted by atomic mass is 16.5. The third-order valence-corrected chi connectivity index (χ3v) is 3.75. The van der Waals surface area contributed by atoms with Crippen molar-refractivity contribution >= 4 is 11.8 Å². The zero-order valence-corrected chi connectivity index (χ0v) is 11.6. The van der Waals surface area contributed by atoms with Gasteiger partial charge in [0.25, 0.3) is 0 Å². The first kappa shape index (κ1) is 14.3. The zero-order chi connectivity index (χ0) is 13.7. The molecule has 2 aliphatic heterocycles. The van der Waals surface area contributed by atoms with Crippen LogP contribution in [-0.4, -0.2) is 73.6 Å². The minimum Gasteiger partial charge on any atom is -0.372 e. The molecule has 0 aliphatic carbocycles. The summed E-state index contributed by atoms with van der Waals surface area (Å²) in [6.07, 6.45) is 1.95. The molecule has 6 heteroatoms. The summed E-state index contributed by atoms with van der Waals surface area (Å²) < 4.78 is 5.17. The predicted octanol–water partition coefficient (Wildman–Crippen LogP) is -0.554. The van der Waals surface area contributed by atoms with Gasteiger partial charge in [0.1, 0.15) is 6.61 Å². The lowest BCUT2D eigenvalue weighted by molar-refractivity contribution is -0.142. The molecule has 1 N–H and O–H groups in total. The molecule has 1 atom stereocenters. The van der Waals surface area contributed by atoms with Gasteiger partial charge in [-0.05, 0) is 19.8 Å². The second kappa shape index (κ2) is 6.86. The van der Waals surface area contributed by atoms with Crippen LogP contribution in [0.2, 0.25) is 0 Å². The van der Waals surface area contributed by atoms with E-state index in [1.54, 1.807) is 0 Å². The highest BCUT2D eigenvalue weighted by Crippen LogP contribution is 2.17. The molecule has 0 aromatic heterocycles. The van der Waals surface area contributed by atoms with Crippen molar-refractivity contribution in [2.75, 3.05) is 45.9 Å². The monoisotopic (exact) mass is 269 g/mol. The maximum Gasteiger partial charge on any atom is 0.248 e. The maximum atomic E-state index is 12.0. The van der Waals surface area contributed by atoms with Crippen LogP contribution in [0.25, 0.3) is 0 Å². The van der Waals surface area contributed by atoms with E-state index in [0.717, 1.165) is 32.5 Å². The standard InChI is InChI=1S/C13H23N3O3/c1-2-19-10-13(18)15-6-3-4-11(9-15)16-7-5-14-8-12(16)17/h11,14H,2-10H2,1H3. The quantitative estimate of drug-likeness (QED) is 0.743. The molecule has 2 aliphatic rings. The van der Waals surface area contributed by atoms with Crippen LogP contribution in [0.4, 0.5) is 0 Å². The van der Waals surface area contributed by atoms with Crippen LogP contribution < -0.4 is 5.32 Å². The summed E-state index contributed by atoms with van der Waals surface area (Å²) in [5, 5.41) is 3.07. The number of nitrogens with zero attached hydrogens (tertiary/aromatic N) is 2. The average molecular weight is 269 g/mol. The number of amides is 2. The summed E-state index contributed by atoms with van der Waals surface area (Å²) in [6.45, 7) is 6.03. The van der Waals surface area contributed by atoms with E-state index < -0.39 is 0 Å². The minimum absolute atomic E-state index is 0.0362. The number of hydrogen-bond acceptors (Lipinski definition) is 4. The molecule has 108 valence electrons. The molecule has 2 fully saturated rings. The van der Waals surface area contributed by atoms with Crippen molar-refractivity contribution in [3.8, 4) is 0 Å². The predicted molar refractivity (Wildman–Crippen MR) is 70.7 cm³/mol. The molecule has 0 radical (unpaired) electrons. The zero-order valence-electron chi connectivity index (χ0n) is 11.6. The molecule has 6 nitrogen and oxygen atoms in total. The number of rotatable bonds is 4. The molecule has 2 rings (SSSR count). The van der Waals surface area contributed by atoms with Gasteiger partial charge in [0.2, 0.25) is 11.8 Å². The largest absolute Gasteiger partial charge is 0.372 e. The Morgan fingerprint density at radius 3 is 3.05 bits per heavy atom. The number of carbonyl (C=O) groups is 2. The molecule has 1 unspecified atom stereocenters. The number of likely N-dealkylation sites (tertiary alicyclic amines) is 1. The molecule has 0 bridgehead atoms. The number of nitrogens with one attached hydrogen (secondary N) is 1. The summed E-state index contributed by atoms with van der Waals surface area (Å²) in [5.41, 5.74) is 0. The Morgan fingerprint density at radius 1 is 1.47 bits per heavy atom. The summed E-state index contributed by atoms with van der Waals surface area (Å²) in [5.74, 6) is 0.185. The number of ether oxygens (including phenoxy) is 1. The lowest BCUT2D eigenvalue weighted by atomic mass is 10.0. The lowest BCUT2D eigenvalue weighted by Crippen LogP contribution is -2.57. The maximum absolute atomic E-state index is 12.0. The van der Waals surface area contributed by atoms with Crippen molar-refractivity contribution in [2.24, 2.45) is 0 Å². The van der Waals surface area contributed by atoms with Gasteiger partial charge in [-0.3, -0.25) is 9.59 Å². The second-order valence-corrected chi connectivity index (χ2v) is 5.04. The fourth-order valence-electron chi connectivity index (χ4n) is 2.72. The van der Waals surface area contributed by atoms with Crippen molar-refractivity contribution < 1.29 is 14.3 Å². The van der Waals surface area contributed by atoms with Gasteiger partial charge in [-0.25, -0.2) is 0 Å². The van der Waals surface area contributed by atoms with Gasteiger partial charge >= 0.3 is 0 Å². The topological polar surface area (TPSA) is 61.9 Å². The van der Waals surface area contributed by atoms with Crippen LogP contribution in [0.5, 0.6) is 0 Å². The van der Waals surface area contributed by atoms with Gasteiger partial charge in [0.05, 0.1) is 6.54 Å². The minimum atomic E-state index is 0.0362. The van der Waals surface area contributed by atoms with Crippen molar-refractivity contribution in [3.05, 3.63) is 0 Å². The summed E-state index contributed by atoms with van der Waals surface area (Å²) >= 11 is 0. The molecular weight excluding hydrogens is 246 g/mol. The van der Waals surface area contributed by atoms with E-state index >= 15 is 0 Å². The second-order valence-electron chi connectivity index (χ2n) is 5.04. The first-order valence-corrected chi connectivity index (χ1v) is 7.08. The molecule has 0 saturated carbocycles. The van der Waals surface area contributed by atoms with Crippen LogP contribution >= 0.6 is 0 Å². The van der Waals surface area contributed by atoms with E-state index in [1.807, 2.05) is 16.7 Å². The Kier molecular flexibility index (Phi) is 5.15. The van der Waals surface area contributed by atoms with Crippen LogP contribution in [0, 0.1) is 0 Å². The number of piperidine rings is 1. The summed E-state index contributed by atoms with van der Waals surface area (Å²) in [4.78, 5) is 27.6. The van der Waals surface area contributed by atoms with E-state index in [0.29, 0.717) is 19.7 Å². The third-order valence-electron chi connectivity index (χ3n) is 3.75. The van der Waals surface area contributed by atoms with Crippen LogP contribution in [0.15, 0.2) is 0 Å². The third kappa shape index (κ3) is 3.67. The number of hydrogen-bond donors (Lipinski definition) is 1. The van der Waals surface area contributed by atoms with E-state index in [1.165, 1.54) is 0 Å². The molecule has 2 amide bonds. The lowest BCUT2D eigenvalue weighted by Gasteiger charge is -2.41.